The fourth-order valence-corrected chi connectivity index (χ4v) is 0. The standard InChI is InChI=1S/C3H5Cl.Hf/c1-2-3-4;/h2H,1,3H2;. The normalized spacial score (nSPS) is 5.00. The second-order valence-electron chi connectivity index (χ2n) is 0.443. The van der Waals surface area contributed by atoms with Crippen molar-refractivity contribution in [3.63, 3.8) is 0 Å². The molecule has 0 aliphatic rings. The zero-order valence-electron chi connectivity index (χ0n) is 2.87. The van der Waals surface area contributed by atoms with E-state index in [0.29, 0.717) is 5.88 Å². The van der Waals surface area contributed by atoms with Crippen LogP contribution in [0.5, 0.6) is 0 Å². The van der Waals surface area contributed by atoms with E-state index in [1.165, 1.54) is 0 Å². The van der Waals surface area contributed by atoms with Gasteiger partial charge in [0, 0.05) is 31.7 Å². The van der Waals surface area contributed by atoms with Gasteiger partial charge in [0.15, 0.2) is 0 Å². The Hall–Kier alpha value is 0.900. The molecule has 0 amide bonds. The van der Waals surface area contributed by atoms with Crippen LogP contribution < -0.4 is 0 Å². The monoisotopic (exact) mass is 256 g/mol. The molecule has 0 atom stereocenters. The Labute approximate surface area is 56.0 Å². The minimum Gasteiger partial charge on any atom is -0.122 e. The maximum atomic E-state index is 5.07. The van der Waals surface area contributed by atoms with Gasteiger partial charge in [-0.15, -0.1) is 18.2 Å². The SMILES string of the molecule is C=CCCl.[Hf]. The van der Waals surface area contributed by atoms with Crippen LogP contribution in [0.1, 0.15) is 0 Å². The number of hydrogen-bond donors (Lipinski definition) is 0. The predicted molar refractivity (Wildman–Crippen MR) is 20.9 cm³/mol. The van der Waals surface area contributed by atoms with Gasteiger partial charge in [-0.3, -0.25) is 0 Å². The number of hydrogen-bond acceptors (Lipinski definition) is 0. The molecule has 0 rings (SSSR count). The predicted octanol–water partition coefficient (Wildman–Crippen LogP) is 1.41. The summed E-state index contributed by atoms with van der Waals surface area (Å²) in [6, 6.07) is 0. The average molecular weight is 255 g/mol. The van der Waals surface area contributed by atoms with E-state index < -0.39 is 0 Å². The second kappa shape index (κ2) is 8.86. The first-order valence-electron chi connectivity index (χ1n) is 1.08. The van der Waals surface area contributed by atoms with Crippen molar-refractivity contribution in [1.82, 2.24) is 0 Å². The fraction of sp³-hybridized carbons (Fsp3) is 0.333. The zero-order chi connectivity index (χ0) is 3.41. The topological polar surface area (TPSA) is 0 Å². The van der Waals surface area contributed by atoms with Crippen molar-refractivity contribution >= 4 is 11.6 Å². The Kier molecular flexibility index (Phi) is 16.5. The molecule has 0 N–H and O–H groups in total. The van der Waals surface area contributed by atoms with Crippen molar-refractivity contribution in [3.8, 4) is 0 Å². The summed E-state index contributed by atoms with van der Waals surface area (Å²) < 4.78 is 0. The van der Waals surface area contributed by atoms with Crippen LogP contribution in [-0.2, 0) is 25.8 Å². The maximum Gasteiger partial charge on any atom is 0.0401 e. The molecular weight excluding hydrogens is 250 g/mol. The van der Waals surface area contributed by atoms with Crippen LogP contribution in [0, 0.1) is 0 Å². The van der Waals surface area contributed by atoms with Crippen LogP contribution in [-0.4, -0.2) is 5.88 Å². The van der Waals surface area contributed by atoms with Gasteiger partial charge < -0.3 is 0 Å². The second-order valence-corrected chi connectivity index (χ2v) is 0.752. The molecular formula is C3H5ClHf. The molecule has 0 nitrogen and oxygen atoms in total. The van der Waals surface area contributed by atoms with Gasteiger partial charge in [-0.1, -0.05) is 6.08 Å². The van der Waals surface area contributed by atoms with Crippen molar-refractivity contribution in [3.05, 3.63) is 12.7 Å². The Morgan fingerprint density at radius 3 is 2.00 bits per heavy atom. The number of rotatable bonds is 1. The van der Waals surface area contributed by atoms with Gasteiger partial charge in [0.2, 0.25) is 0 Å². The van der Waals surface area contributed by atoms with Crippen molar-refractivity contribution < 1.29 is 25.8 Å². The van der Waals surface area contributed by atoms with Gasteiger partial charge in [-0.2, -0.15) is 0 Å². The van der Waals surface area contributed by atoms with Crippen molar-refractivity contribution in [2.24, 2.45) is 0 Å². The summed E-state index contributed by atoms with van der Waals surface area (Å²) in [7, 11) is 0. The molecule has 28 valence electrons. The first-order valence-corrected chi connectivity index (χ1v) is 1.62. The first-order chi connectivity index (χ1) is 1.91. The van der Waals surface area contributed by atoms with Crippen molar-refractivity contribution in [2.45, 2.75) is 0 Å². The minimum absolute atomic E-state index is 0. The molecule has 0 spiro atoms. The van der Waals surface area contributed by atoms with E-state index in [9.17, 15) is 0 Å². The summed E-state index contributed by atoms with van der Waals surface area (Å²) in [6.07, 6.45) is 1.64. The minimum atomic E-state index is 0. The van der Waals surface area contributed by atoms with Gasteiger partial charge in [-0.05, 0) is 0 Å². The van der Waals surface area contributed by atoms with Gasteiger partial charge in [0.05, 0.1) is 0 Å². The molecule has 0 bridgehead atoms. The third-order valence-corrected chi connectivity index (χ3v) is 0.327. The van der Waals surface area contributed by atoms with Crippen LogP contribution >= 0.6 is 11.6 Å². The van der Waals surface area contributed by atoms with Gasteiger partial charge in [-0.25, -0.2) is 0 Å². The Bertz CT molecular complexity index is 20.9. The zero-order valence-corrected chi connectivity index (χ0v) is 7.22. The molecule has 0 fully saturated rings. The number of halogens is 1. The van der Waals surface area contributed by atoms with Gasteiger partial charge in [0.1, 0.15) is 0 Å². The third-order valence-electron chi connectivity index (χ3n) is 0.109. The molecule has 0 saturated heterocycles. The summed E-state index contributed by atoms with van der Waals surface area (Å²) >= 11 is 5.07. The molecule has 5 heavy (non-hydrogen) atoms. The average Bonchev–Trinajstić information content (AvgIpc) is 1.37. The molecule has 2 heteroatoms. The molecule has 0 aliphatic heterocycles. The molecule has 0 heterocycles. The summed E-state index contributed by atoms with van der Waals surface area (Å²) in [5.41, 5.74) is 0. The molecule has 0 radical (unpaired) electrons. The number of alkyl halides is 1. The molecule has 0 aromatic carbocycles. The quantitative estimate of drug-likeness (QED) is 0.377. The summed E-state index contributed by atoms with van der Waals surface area (Å²) in [5, 5.41) is 0. The Morgan fingerprint density at radius 1 is 1.80 bits per heavy atom. The van der Waals surface area contributed by atoms with Crippen LogP contribution in [0.15, 0.2) is 12.7 Å². The Morgan fingerprint density at radius 2 is 2.00 bits per heavy atom. The van der Waals surface area contributed by atoms with Crippen LogP contribution in [0.4, 0.5) is 0 Å². The molecule has 0 aromatic heterocycles. The van der Waals surface area contributed by atoms with E-state index in [1.54, 1.807) is 6.08 Å². The molecule has 0 aromatic rings. The summed E-state index contributed by atoms with van der Waals surface area (Å²) in [5.74, 6) is 0.556. The number of allylic oxidation sites excluding steroid dienone is 1. The van der Waals surface area contributed by atoms with Gasteiger partial charge in [0.25, 0.3) is 0 Å². The summed E-state index contributed by atoms with van der Waals surface area (Å²) in [6.45, 7) is 3.35. The largest absolute Gasteiger partial charge is 0.122 e. The molecule has 0 unspecified atom stereocenters. The Balaban J connectivity index is 0. The van der Waals surface area contributed by atoms with Crippen LogP contribution in [0.25, 0.3) is 0 Å². The van der Waals surface area contributed by atoms with E-state index in [2.05, 4.69) is 6.58 Å². The van der Waals surface area contributed by atoms with Gasteiger partial charge >= 0.3 is 0 Å². The van der Waals surface area contributed by atoms with Crippen LogP contribution in [0.3, 0.4) is 0 Å². The molecule has 0 aliphatic carbocycles. The van der Waals surface area contributed by atoms with Crippen LogP contribution in [0.2, 0.25) is 0 Å². The molecule has 0 saturated carbocycles. The fourth-order valence-electron chi connectivity index (χ4n) is 0. The van der Waals surface area contributed by atoms with E-state index in [4.69, 9.17) is 11.6 Å². The van der Waals surface area contributed by atoms with E-state index >= 15 is 0 Å². The van der Waals surface area contributed by atoms with E-state index in [-0.39, 0.29) is 25.8 Å². The van der Waals surface area contributed by atoms with E-state index in [0.717, 1.165) is 0 Å². The third kappa shape index (κ3) is 11.4. The van der Waals surface area contributed by atoms with Crippen molar-refractivity contribution in [2.75, 3.05) is 5.88 Å². The van der Waals surface area contributed by atoms with E-state index in [1.807, 2.05) is 0 Å². The smallest absolute Gasteiger partial charge is 0.0401 e. The summed E-state index contributed by atoms with van der Waals surface area (Å²) in [4.78, 5) is 0. The van der Waals surface area contributed by atoms with Crippen molar-refractivity contribution in [1.29, 1.82) is 0 Å². The maximum absolute atomic E-state index is 5.07. The first kappa shape index (κ1) is 9.31.